The van der Waals surface area contributed by atoms with E-state index < -0.39 is 0 Å². The third-order valence-electron chi connectivity index (χ3n) is 3.62. The fourth-order valence-electron chi connectivity index (χ4n) is 2.63. The lowest BCUT2D eigenvalue weighted by molar-refractivity contribution is 0.560. The van der Waals surface area contributed by atoms with Crippen molar-refractivity contribution in [2.24, 2.45) is 0 Å². The van der Waals surface area contributed by atoms with Crippen LogP contribution >= 0.6 is 15.9 Å². The first-order valence-electron chi connectivity index (χ1n) is 7.03. The Labute approximate surface area is 127 Å². The van der Waals surface area contributed by atoms with Crippen LogP contribution in [0.3, 0.4) is 0 Å². The summed E-state index contributed by atoms with van der Waals surface area (Å²) < 4.78 is 14.7. The number of hydrogen-bond donors (Lipinski definition) is 1. The zero-order chi connectivity index (χ0) is 14.5. The van der Waals surface area contributed by atoms with Crippen LogP contribution in [0.5, 0.6) is 0 Å². The number of nitriles is 1. The van der Waals surface area contributed by atoms with E-state index in [9.17, 15) is 4.39 Å². The molecule has 20 heavy (non-hydrogen) atoms. The molecule has 0 bridgehead atoms. The minimum atomic E-state index is -0.338. The zero-order valence-corrected chi connectivity index (χ0v) is 13.2. The van der Waals surface area contributed by atoms with Crippen molar-refractivity contribution in [2.45, 2.75) is 32.2 Å². The maximum Gasteiger partial charge on any atom is 0.161 e. The van der Waals surface area contributed by atoms with Crippen LogP contribution in [0.25, 0.3) is 0 Å². The van der Waals surface area contributed by atoms with Crippen molar-refractivity contribution in [3.8, 4) is 6.07 Å². The fraction of sp³-hybridized carbons (Fsp3) is 0.533. The van der Waals surface area contributed by atoms with Gasteiger partial charge in [0.2, 0.25) is 0 Å². The van der Waals surface area contributed by atoms with E-state index in [4.69, 9.17) is 5.26 Å². The molecule has 108 valence electrons. The first-order chi connectivity index (χ1) is 9.67. The van der Waals surface area contributed by atoms with Crippen molar-refractivity contribution >= 4 is 21.6 Å². The van der Waals surface area contributed by atoms with E-state index in [0.29, 0.717) is 17.3 Å². The van der Waals surface area contributed by atoms with E-state index in [2.05, 4.69) is 33.1 Å². The second-order valence-electron chi connectivity index (χ2n) is 5.11. The minimum absolute atomic E-state index is 0.262. The predicted molar refractivity (Wildman–Crippen MR) is 82.3 cm³/mol. The van der Waals surface area contributed by atoms with Gasteiger partial charge < -0.3 is 10.2 Å². The number of benzene rings is 1. The monoisotopic (exact) mass is 339 g/mol. The standard InChI is InChI=1S/C15H19BrFN3/c1-2-8-20(10-12-4-3-7-19-12)13-6-5-11(9-18)14(16)15(13)17/h5-6,12,19H,2-4,7-8,10H2,1H3. The Balaban J connectivity index is 2.24. The first kappa shape index (κ1) is 15.3. The van der Waals surface area contributed by atoms with Gasteiger partial charge in [-0.25, -0.2) is 4.39 Å². The molecule has 3 nitrogen and oxygen atoms in total. The maximum absolute atomic E-state index is 14.4. The summed E-state index contributed by atoms with van der Waals surface area (Å²) in [6.45, 7) is 4.76. The molecule has 0 radical (unpaired) electrons. The van der Waals surface area contributed by atoms with Crippen LogP contribution in [0.15, 0.2) is 16.6 Å². The maximum atomic E-state index is 14.4. The van der Waals surface area contributed by atoms with Crippen LogP contribution in [0.4, 0.5) is 10.1 Å². The van der Waals surface area contributed by atoms with Crippen molar-refractivity contribution in [1.82, 2.24) is 5.32 Å². The van der Waals surface area contributed by atoms with E-state index in [1.165, 1.54) is 6.42 Å². The Bertz CT molecular complexity index is 507. The summed E-state index contributed by atoms with van der Waals surface area (Å²) in [7, 11) is 0. The number of halogens is 2. The minimum Gasteiger partial charge on any atom is -0.368 e. The van der Waals surface area contributed by atoms with Gasteiger partial charge in [0.15, 0.2) is 5.82 Å². The second kappa shape index (κ2) is 7.05. The molecule has 0 aromatic heterocycles. The molecule has 1 fully saturated rings. The van der Waals surface area contributed by atoms with Crippen LogP contribution in [-0.2, 0) is 0 Å². The third kappa shape index (κ3) is 3.31. The van der Waals surface area contributed by atoms with Crippen LogP contribution in [-0.4, -0.2) is 25.7 Å². The molecule has 1 saturated heterocycles. The number of nitrogens with zero attached hydrogens (tertiary/aromatic N) is 2. The lowest BCUT2D eigenvalue weighted by Gasteiger charge is -2.28. The highest BCUT2D eigenvalue weighted by Crippen LogP contribution is 2.29. The highest BCUT2D eigenvalue weighted by molar-refractivity contribution is 9.10. The van der Waals surface area contributed by atoms with Crippen molar-refractivity contribution in [2.75, 3.05) is 24.5 Å². The molecule has 0 amide bonds. The number of nitrogens with one attached hydrogen (secondary N) is 1. The zero-order valence-electron chi connectivity index (χ0n) is 11.6. The summed E-state index contributed by atoms with van der Waals surface area (Å²) in [5.74, 6) is -0.338. The van der Waals surface area contributed by atoms with Gasteiger partial charge in [0.25, 0.3) is 0 Å². The number of rotatable bonds is 5. The molecule has 1 N–H and O–H groups in total. The summed E-state index contributed by atoms with van der Waals surface area (Å²) in [4.78, 5) is 2.07. The molecule has 1 aliphatic rings. The summed E-state index contributed by atoms with van der Waals surface area (Å²) >= 11 is 3.18. The van der Waals surface area contributed by atoms with Crippen LogP contribution < -0.4 is 10.2 Å². The van der Waals surface area contributed by atoms with Gasteiger partial charge in [0.05, 0.1) is 15.7 Å². The average molecular weight is 340 g/mol. The van der Waals surface area contributed by atoms with Crippen molar-refractivity contribution in [3.63, 3.8) is 0 Å². The molecule has 1 aromatic carbocycles. The lowest BCUT2D eigenvalue weighted by Crippen LogP contribution is -2.38. The summed E-state index contributed by atoms with van der Waals surface area (Å²) in [6, 6.07) is 5.80. The normalized spacial score (nSPS) is 18.0. The van der Waals surface area contributed by atoms with E-state index >= 15 is 0 Å². The van der Waals surface area contributed by atoms with Crippen molar-refractivity contribution < 1.29 is 4.39 Å². The molecule has 1 aliphatic heterocycles. The molecule has 2 rings (SSSR count). The Morgan fingerprint density at radius 2 is 2.35 bits per heavy atom. The number of hydrogen-bond acceptors (Lipinski definition) is 3. The highest BCUT2D eigenvalue weighted by atomic mass is 79.9. The lowest BCUT2D eigenvalue weighted by atomic mass is 10.1. The molecule has 1 unspecified atom stereocenters. The van der Waals surface area contributed by atoms with Gasteiger partial charge in [0.1, 0.15) is 6.07 Å². The van der Waals surface area contributed by atoms with Crippen LogP contribution in [0, 0.1) is 17.1 Å². The van der Waals surface area contributed by atoms with Crippen LogP contribution in [0.2, 0.25) is 0 Å². The Hall–Kier alpha value is -1.12. The largest absolute Gasteiger partial charge is 0.368 e. The molecule has 5 heteroatoms. The Morgan fingerprint density at radius 3 is 2.95 bits per heavy atom. The second-order valence-corrected chi connectivity index (χ2v) is 5.90. The smallest absolute Gasteiger partial charge is 0.161 e. The van der Waals surface area contributed by atoms with Gasteiger partial charge in [0, 0.05) is 19.1 Å². The summed E-state index contributed by atoms with van der Waals surface area (Å²) in [5, 5.41) is 12.4. The van der Waals surface area contributed by atoms with E-state index in [1.807, 2.05) is 6.07 Å². The van der Waals surface area contributed by atoms with Gasteiger partial charge in [-0.2, -0.15) is 5.26 Å². The fourth-order valence-corrected chi connectivity index (χ4v) is 3.05. The van der Waals surface area contributed by atoms with Gasteiger partial charge >= 0.3 is 0 Å². The Kier molecular flexibility index (Phi) is 5.38. The van der Waals surface area contributed by atoms with Crippen molar-refractivity contribution in [3.05, 3.63) is 28.0 Å². The first-order valence-corrected chi connectivity index (χ1v) is 7.83. The van der Waals surface area contributed by atoms with Gasteiger partial charge in [-0.3, -0.25) is 0 Å². The molecule has 0 aliphatic carbocycles. The van der Waals surface area contributed by atoms with Gasteiger partial charge in [-0.05, 0) is 53.9 Å². The van der Waals surface area contributed by atoms with E-state index in [0.717, 1.165) is 32.5 Å². The summed E-state index contributed by atoms with van der Waals surface area (Å²) in [6.07, 6.45) is 3.28. The third-order valence-corrected chi connectivity index (χ3v) is 4.40. The predicted octanol–water partition coefficient (Wildman–Crippen LogP) is 3.43. The SMILES string of the molecule is CCCN(CC1CCCN1)c1ccc(C#N)c(Br)c1F. The molecular formula is C15H19BrFN3. The molecule has 0 spiro atoms. The summed E-state index contributed by atoms with van der Waals surface area (Å²) in [5.41, 5.74) is 0.910. The quantitative estimate of drug-likeness (QED) is 0.893. The molecular weight excluding hydrogens is 321 g/mol. The van der Waals surface area contributed by atoms with Gasteiger partial charge in [-0.1, -0.05) is 6.92 Å². The van der Waals surface area contributed by atoms with E-state index in [1.54, 1.807) is 12.1 Å². The highest BCUT2D eigenvalue weighted by Gasteiger charge is 2.21. The molecule has 1 aromatic rings. The molecule has 0 saturated carbocycles. The molecule has 1 heterocycles. The topological polar surface area (TPSA) is 39.1 Å². The van der Waals surface area contributed by atoms with Crippen molar-refractivity contribution in [1.29, 1.82) is 5.26 Å². The molecule has 1 atom stereocenters. The van der Waals surface area contributed by atoms with Gasteiger partial charge in [-0.15, -0.1) is 0 Å². The Morgan fingerprint density at radius 1 is 1.55 bits per heavy atom. The van der Waals surface area contributed by atoms with Crippen LogP contribution in [0.1, 0.15) is 31.7 Å². The van der Waals surface area contributed by atoms with E-state index in [-0.39, 0.29) is 10.3 Å². The number of anilines is 1. The average Bonchev–Trinajstić information content (AvgIpc) is 2.94.